The van der Waals surface area contributed by atoms with Crippen molar-refractivity contribution < 1.29 is 9.59 Å². The fraction of sp³-hybridized carbons (Fsp3) is 0.444. The minimum Gasteiger partial charge on any atom is -0.330 e. The van der Waals surface area contributed by atoms with Gasteiger partial charge in [0.1, 0.15) is 12.1 Å². The van der Waals surface area contributed by atoms with E-state index in [4.69, 9.17) is 0 Å². The Balaban J connectivity index is 2.00. The molecule has 6 nitrogen and oxygen atoms in total. The predicted octanol–water partition coefficient (Wildman–Crippen LogP) is 3.51. The van der Waals surface area contributed by atoms with E-state index >= 15 is 0 Å². The summed E-state index contributed by atoms with van der Waals surface area (Å²) in [5.74, 6) is -0.0139. The first-order chi connectivity index (χ1) is 12.4. The van der Waals surface area contributed by atoms with Gasteiger partial charge in [-0.05, 0) is 44.4 Å². The number of amides is 2. The van der Waals surface area contributed by atoms with Crippen LogP contribution in [0.2, 0.25) is 0 Å². The van der Waals surface area contributed by atoms with Crippen molar-refractivity contribution in [2.24, 2.45) is 0 Å². The molecule has 0 aliphatic rings. The zero-order chi connectivity index (χ0) is 19.1. The number of hydrogen-bond donors (Lipinski definition) is 1. The Bertz CT molecular complexity index is 750. The Kier molecular flexibility index (Phi) is 7.59. The molecule has 0 unspecified atom stereocenters. The second-order valence-corrected chi connectivity index (χ2v) is 8.12. The predicted molar refractivity (Wildman–Crippen MR) is 107 cm³/mol. The molecule has 0 radical (unpaired) electrons. The number of aromatic nitrogens is 2. The lowest BCUT2D eigenvalue weighted by Crippen LogP contribution is -2.44. The third kappa shape index (κ3) is 5.54. The Morgan fingerprint density at radius 3 is 2.77 bits per heavy atom. The maximum Gasteiger partial charge on any atom is 0.244 e. The SMILES string of the molecule is CC[C@@H](C)N(CC(=O)Nc1cccc(C)c1C)C(=O)CSc1nncs1. The average Bonchev–Trinajstić information content (AvgIpc) is 3.14. The quantitative estimate of drug-likeness (QED) is 0.696. The van der Waals surface area contributed by atoms with Crippen LogP contribution >= 0.6 is 23.1 Å². The minimum atomic E-state index is -0.187. The summed E-state index contributed by atoms with van der Waals surface area (Å²) in [6, 6.07) is 5.78. The first-order valence-electron chi connectivity index (χ1n) is 8.46. The van der Waals surface area contributed by atoms with Crippen LogP contribution in [0.15, 0.2) is 28.0 Å². The van der Waals surface area contributed by atoms with Crippen LogP contribution in [0.5, 0.6) is 0 Å². The van der Waals surface area contributed by atoms with Gasteiger partial charge in [-0.1, -0.05) is 42.2 Å². The summed E-state index contributed by atoms with van der Waals surface area (Å²) in [6.45, 7) is 7.98. The molecule has 0 saturated carbocycles. The van der Waals surface area contributed by atoms with Gasteiger partial charge in [0.15, 0.2) is 4.34 Å². The summed E-state index contributed by atoms with van der Waals surface area (Å²) in [4.78, 5) is 26.8. The lowest BCUT2D eigenvalue weighted by atomic mass is 10.1. The second kappa shape index (κ2) is 9.68. The highest BCUT2D eigenvalue weighted by atomic mass is 32.2. The smallest absolute Gasteiger partial charge is 0.244 e. The van der Waals surface area contributed by atoms with Crippen LogP contribution in [-0.2, 0) is 9.59 Å². The fourth-order valence-electron chi connectivity index (χ4n) is 2.37. The van der Waals surface area contributed by atoms with Gasteiger partial charge in [-0.25, -0.2) is 0 Å². The number of hydrogen-bond acceptors (Lipinski definition) is 6. The van der Waals surface area contributed by atoms with Gasteiger partial charge >= 0.3 is 0 Å². The molecule has 1 atom stereocenters. The topological polar surface area (TPSA) is 75.2 Å². The van der Waals surface area contributed by atoms with Gasteiger partial charge in [-0.2, -0.15) is 0 Å². The Morgan fingerprint density at radius 1 is 1.35 bits per heavy atom. The van der Waals surface area contributed by atoms with E-state index in [9.17, 15) is 9.59 Å². The third-order valence-electron chi connectivity index (χ3n) is 4.30. The van der Waals surface area contributed by atoms with E-state index in [1.165, 1.54) is 23.1 Å². The largest absolute Gasteiger partial charge is 0.330 e. The number of rotatable bonds is 8. The van der Waals surface area contributed by atoms with Gasteiger partial charge in [0.2, 0.25) is 11.8 Å². The van der Waals surface area contributed by atoms with Crippen molar-refractivity contribution in [3.8, 4) is 0 Å². The Morgan fingerprint density at radius 2 is 2.12 bits per heavy atom. The van der Waals surface area contributed by atoms with E-state index in [2.05, 4.69) is 15.5 Å². The van der Waals surface area contributed by atoms with Crippen LogP contribution < -0.4 is 5.32 Å². The first kappa shape index (κ1) is 20.4. The van der Waals surface area contributed by atoms with E-state index < -0.39 is 0 Å². The molecule has 1 aromatic carbocycles. The average molecular weight is 393 g/mol. The molecule has 8 heteroatoms. The highest BCUT2D eigenvalue weighted by molar-refractivity contribution is 8.01. The number of carbonyl (C=O) groups excluding carboxylic acids is 2. The molecule has 140 valence electrons. The fourth-order valence-corrected chi connectivity index (χ4v) is 3.75. The van der Waals surface area contributed by atoms with Crippen molar-refractivity contribution in [2.75, 3.05) is 17.6 Å². The summed E-state index contributed by atoms with van der Waals surface area (Å²) >= 11 is 2.75. The molecule has 0 aliphatic heterocycles. The van der Waals surface area contributed by atoms with Crippen LogP contribution in [0.1, 0.15) is 31.4 Å². The van der Waals surface area contributed by atoms with Crippen molar-refractivity contribution >= 4 is 40.6 Å². The number of carbonyl (C=O) groups is 2. The molecule has 2 aromatic rings. The maximum atomic E-state index is 12.6. The van der Waals surface area contributed by atoms with Gasteiger partial charge in [-0.15, -0.1) is 10.2 Å². The molecular weight excluding hydrogens is 368 g/mol. The molecule has 1 N–H and O–H groups in total. The van der Waals surface area contributed by atoms with Crippen molar-refractivity contribution in [1.82, 2.24) is 15.1 Å². The van der Waals surface area contributed by atoms with Gasteiger partial charge in [-0.3, -0.25) is 9.59 Å². The zero-order valence-corrected chi connectivity index (χ0v) is 17.1. The van der Waals surface area contributed by atoms with E-state index in [1.54, 1.807) is 10.4 Å². The standard InChI is InChI=1S/C18H24N4O2S2/c1-5-13(3)22(17(24)10-25-18-21-19-11-26-18)9-16(23)20-15-8-6-7-12(2)14(15)4/h6-8,11,13H,5,9-10H2,1-4H3,(H,20,23)/t13-/m1/s1. The van der Waals surface area contributed by atoms with Gasteiger partial charge in [0.25, 0.3) is 0 Å². The van der Waals surface area contributed by atoms with Crippen molar-refractivity contribution in [3.05, 3.63) is 34.8 Å². The molecule has 26 heavy (non-hydrogen) atoms. The van der Waals surface area contributed by atoms with Crippen LogP contribution in [0.25, 0.3) is 0 Å². The third-order valence-corrected chi connectivity index (χ3v) is 6.14. The summed E-state index contributed by atoms with van der Waals surface area (Å²) in [6.07, 6.45) is 0.784. The summed E-state index contributed by atoms with van der Waals surface area (Å²) < 4.78 is 0.752. The molecule has 0 fully saturated rings. The monoisotopic (exact) mass is 392 g/mol. The minimum absolute atomic E-state index is 0.0122. The van der Waals surface area contributed by atoms with Crippen molar-refractivity contribution in [2.45, 2.75) is 44.5 Å². The zero-order valence-electron chi connectivity index (χ0n) is 15.5. The number of thioether (sulfide) groups is 1. The highest BCUT2D eigenvalue weighted by Crippen LogP contribution is 2.21. The molecule has 2 rings (SSSR count). The maximum absolute atomic E-state index is 12.6. The van der Waals surface area contributed by atoms with Crippen molar-refractivity contribution in [1.29, 1.82) is 0 Å². The Hall–Kier alpha value is -1.93. The number of aryl methyl sites for hydroxylation is 1. The number of benzene rings is 1. The van der Waals surface area contributed by atoms with Crippen LogP contribution in [0.4, 0.5) is 5.69 Å². The molecule has 1 aromatic heterocycles. The number of anilines is 1. The lowest BCUT2D eigenvalue weighted by molar-refractivity contribution is -0.134. The van der Waals surface area contributed by atoms with E-state index in [0.717, 1.165) is 27.6 Å². The van der Waals surface area contributed by atoms with Crippen molar-refractivity contribution in [3.63, 3.8) is 0 Å². The normalized spacial score (nSPS) is 11.8. The molecule has 0 spiro atoms. The first-order valence-corrected chi connectivity index (χ1v) is 10.3. The van der Waals surface area contributed by atoms with E-state index in [0.29, 0.717) is 0 Å². The van der Waals surface area contributed by atoms with Crippen LogP contribution in [0.3, 0.4) is 0 Å². The summed E-state index contributed by atoms with van der Waals surface area (Å²) in [5.41, 5.74) is 4.58. The molecule has 2 amide bonds. The number of nitrogens with one attached hydrogen (secondary N) is 1. The Labute approximate surface area is 162 Å². The molecule has 0 bridgehead atoms. The van der Waals surface area contributed by atoms with Gasteiger partial charge in [0, 0.05) is 11.7 Å². The molecular formula is C18H24N4O2S2. The number of nitrogens with zero attached hydrogens (tertiary/aromatic N) is 3. The van der Waals surface area contributed by atoms with Gasteiger partial charge in [0.05, 0.1) is 5.75 Å². The van der Waals surface area contributed by atoms with E-state index in [-0.39, 0.29) is 30.2 Å². The van der Waals surface area contributed by atoms with Crippen LogP contribution in [0, 0.1) is 13.8 Å². The molecule has 0 aliphatic carbocycles. The highest BCUT2D eigenvalue weighted by Gasteiger charge is 2.22. The summed E-state index contributed by atoms with van der Waals surface area (Å²) in [5, 5.41) is 10.6. The van der Waals surface area contributed by atoms with Gasteiger partial charge < -0.3 is 10.2 Å². The second-order valence-electron chi connectivity index (χ2n) is 6.07. The van der Waals surface area contributed by atoms with Crippen LogP contribution in [-0.4, -0.2) is 45.3 Å². The van der Waals surface area contributed by atoms with E-state index in [1.807, 2.05) is 45.9 Å². The molecule has 0 saturated heterocycles. The summed E-state index contributed by atoms with van der Waals surface area (Å²) in [7, 11) is 0. The molecule has 1 heterocycles. The lowest BCUT2D eigenvalue weighted by Gasteiger charge is -2.28.